The zero-order chi connectivity index (χ0) is 12.4. The van der Waals surface area contributed by atoms with Crippen LogP contribution in [0.3, 0.4) is 0 Å². The average Bonchev–Trinajstić information content (AvgIpc) is 2.32. The third-order valence-electron chi connectivity index (χ3n) is 3.18. The van der Waals surface area contributed by atoms with Gasteiger partial charge >= 0.3 is 0 Å². The number of hydrogen-bond acceptors (Lipinski definition) is 2. The maximum Gasteiger partial charge on any atom is 0.255 e. The van der Waals surface area contributed by atoms with E-state index in [0.29, 0.717) is 0 Å². The van der Waals surface area contributed by atoms with Crippen molar-refractivity contribution in [2.45, 2.75) is 19.9 Å². The molecule has 1 amide bonds. The van der Waals surface area contributed by atoms with E-state index >= 15 is 0 Å². The summed E-state index contributed by atoms with van der Waals surface area (Å²) in [6, 6.07) is 6.19. The summed E-state index contributed by atoms with van der Waals surface area (Å²) >= 11 is 2.26. The standard InChI is InChI=1S/C13H17IN2O/c1-9-4-3-5-11(12(9)14)13(17)16-7-6-15-8-10(16)2/h3-5,10,15H,6-8H2,1-2H3/t10-/m1/s1. The first kappa shape index (κ1) is 12.8. The lowest BCUT2D eigenvalue weighted by atomic mass is 10.1. The predicted molar refractivity (Wildman–Crippen MR) is 77.3 cm³/mol. The molecule has 1 N–H and O–H groups in total. The smallest absolute Gasteiger partial charge is 0.255 e. The number of rotatable bonds is 1. The van der Waals surface area contributed by atoms with Gasteiger partial charge in [-0.15, -0.1) is 0 Å². The molecule has 2 rings (SSSR count). The van der Waals surface area contributed by atoms with Gasteiger partial charge < -0.3 is 10.2 Å². The number of aryl methyl sites for hydroxylation is 1. The lowest BCUT2D eigenvalue weighted by Crippen LogP contribution is -2.52. The van der Waals surface area contributed by atoms with E-state index in [1.165, 1.54) is 5.56 Å². The topological polar surface area (TPSA) is 32.3 Å². The Bertz CT molecular complexity index is 433. The van der Waals surface area contributed by atoms with Gasteiger partial charge in [0.1, 0.15) is 0 Å². The molecule has 0 radical (unpaired) electrons. The van der Waals surface area contributed by atoms with Crippen LogP contribution in [0.25, 0.3) is 0 Å². The third kappa shape index (κ3) is 2.63. The molecule has 92 valence electrons. The van der Waals surface area contributed by atoms with Crippen molar-refractivity contribution in [3.63, 3.8) is 0 Å². The second-order valence-electron chi connectivity index (χ2n) is 4.49. The molecule has 1 heterocycles. The quantitative estimate of drug-likeness (QED) is 0.791. The lowest BCUT2D eigenvalue weighted by Gasteiger charge is -2.34. The van der Waals surface area contributed by atoms with Crippen molar-refractivity contribution in [3.8, 4) is 0 Å². The molecule has 4 heteroatoms. The van der Waals surface area contributed by atoms with Gasteiger partial charge in [-0.1, -0.05) is 12.1 Å². The number of carbonyl (C=O) groups excluding carboxylic acids is 1. The van der Waals surface area contributed by atoms with E-state index in [1.807, 2.05) is 30.0 Å². The number of nitrogens with zero attached hydrogens (tertiary/aromatic N) is 1. The molecule has 1 aromatic carbocycles. The van der Waals surface area contributed by atoms with Crippen LogP contribution in [0.2, 0.25) is 0 Å². The zero-order valence-electron chi connectivity index (χ0n) is 10.2. The van der Waals surface area contributed by atoms with Gasteiger partial charge in [-0.05, 0) is 48.1 Å². The Morgan fingerprint density at radius 2 is 2.29 bits per heavy atom. The minimum atomic E-state index is 0.159. The van der Waals surface area contributed by atoms with Crippen LogP contribution in [-0.4, -0.2) is 36.5 Å². The van der Waals surface area contributed by atoms with Crippen LogP contribution in [0.1, 0.15) is 22.8 Å². The molecule has 17 heavy (non-hydrogen) atoms. The molecule has 1 fully saturated rings. The van der Waals surface area contributed by atoms with Gasteiger partial charge in [-0.2, -0.15) is 0 Å². The van der Waals surface area contributed by atoms with Crippen molar-refractivity contribution in [1.29, 1.82) is 0 Å². The maximum atomic E-state index is 12.5. The van der Waals surface area contributed by atoms with Gasteiger partial charge in [-0.25, -0.2) is 0 Å². The van der Waals surface area contributed by atoms with Crippen molar-refractivity contribution >= 4 is 28.5 Å². The largest absolute Gasteiger partial charge is 0.333 e. The summed E-state index contributed by atoms with van der Waals surface area (Å²) in [6.45, 7) is 6.70. The normalized spacial score (nSPS) is 20.4. The summed E-state index contributed by atoms with van der Waals surface area (Å²) in [5.74, 6) is 0.159. The fourth-order valence-corrected chi connectivity index (χ4v) is 2.70. The van der Waals surface area contributed by atoms with Crippen LogP contribution in [0.5, 0.6) is 0 Å². The molecule has 0 aliphatic carbocycles. The van der Waals surface area contributed by atoms with Crippen LogP contribution in [0.4, 0.5) is 0 Å². The minimum absolute atomic E-state index is 0.159. The average molecular weight is 344 g/mol. The van der Waals surface area contributed by atoms with Crippen molar-refractivity contribution < 1.29 is 4.79 Å². The van der Waals surface area contributed by atoms with Crippen molar-refractivity contribution in [2.24, 2.45) is 0 Å². The van der Waals surface area contributed by atoms with Gasteiger partial charge in [-0.3, -0.25) is 4.79 Å². The maximum absolute atomic E-state index is 12.5. The summed E-state index contributed by atoms with van der Waals surface area (Å²) < 4.78 is 1.07. The Labute approximate surface area is 116 Å². The van der Waals surface area contributed by atoms with Gasteiger partial charge in [0.2, 0.25) is 0 Å². The van der Waals surface area contributed by atoms with E-state index < -0.39 is 0 Å². The fraction of sp³-hybridized carbons (Fsp3) is 0.462. The highest BCUT2D eigenvalue weighted by atomic mass is 127. The highest BCUT2D eigenvalue weighted by Crippen LogP contribution is 2.19. The first-order valence-corrected chi connectivity index (χ1v) is 6.96. The Balaban J connectivity index is 2.27. The summed E-state index contributed by atoms with van der Waals surface area (Å²) in [5.41, 5.74) is 2.00. The molecule has 1 saturated heterocycles. The van der Waals surface area contributed by atoms with E-state index in [1.54, 1.807) is 0 Å². The number of benzene rings is 1. The molecule has 1 aromatic rings. The number of nitrogens with one attached hydrogen (secondary N) is 1. The molecule has 0 saturated carbocycles. The van der Waals surface area contributed by atoms with Gasteiger partial charge in [0.25, 0.3) is 5.91 Å². The molecule has 0 bridgehead atoms. The minimum Gasteiger partial charge on any atom is -0.333 e. The highest BCUT2D eigenvalue weighted by Gasteiger charge is 2.25. The number of piperazine rings is 1. The van der Waals surface area contributed by atoms with Crippen LogP contribution < -0.4 is 5.32 Å². The molecule has 0 unspecified atom stereocenters. The zero-order valence-corrected chi connectivity index (χ0v) is 12.3. The number of hydrogen-bond donors (Lipinski definition) is 1. The monoisotopic (exact) mass is 344 g/mol. The van der Waals surface area contributed by atoms with Crippen LogP contribution in [0.15, 0.2) is 18.2 Å². The summed E-state index contributed by atoms with van der Waals surface area (Å²) in [4.78, 5) is 14.4. The number of halogens is 1. The van der Waals surface area contributed by atoms with Crippen molar-refractivity contribution in [2.75, 3.05) is 19.6 Å². The molecule has 1 aliphatic rings. The van der Waals surface area contributed by atoms with Crippen LogP contribution >= 0.6 is 22.6 Å². The molecule has 3 nitrogen and oxygen atoms in total. The highest BCUT2D eigenvalue weighted by molar-refractivity contribution is 14.1. The number of carbonyl (C=O) groups is 1. The van der Waals surface area contributed by atoms with E-state index in [0.717, 1.165) is 28.8 Å². The molecular formula is C13H17IN2O. The van der Waals surface area contributed by atoms with Crippen LogP contribution in [-0.2, 0) is 0 Å². The summed E-state index contributed by atoms with van der Waals surface area (Å²) in [5, 5.41) is 3.30. The summed E-state index contributed by atoms with van der Waals surface area (Å²) in [6.07, 6.45) is 0. The van der Waals surface area contributed by atoms with E-state index in [9.17, 15) is 4.79 Å². The molecule has 1 atom stereocenters. The van der Waals surface area contributed by atoms with Crippen LogP contribution in [0, 0.1) is 10.5 Å². The van der Waals surface area contributed by atoms with Gasteiger partial charge in [0.05, 0.1) is 5.56 Å². The molecular weight excluding hydrogens is 327 g/mol. The Morgan fingerprint density at radius 1 is 1.53 bits per heavy atom. The second kappa shape index (κ2) is 5.35. The van der Waals surface area contributed by atoms with Gasteiger partial charge in [0.15, 0.2) is 0 Å². The number of amides is 1. The fourth-order valence-electron chi connectivity index (χ4n) is 2.11. The Hall–Kier alpha value is -0.620. The molecule has 0 spiro atoms. The van der Waals surface area contributed by atoms with Gasteiger partial charge in [0, 0.05) is 29.2 Å². The molecule has 1 aliphatic heterocycles. The second-order valence-corrected chi connectivity index (χ2v) is 5.57. The van der Waals surface area contributed by atoms with E-state index in [4.69, 9.17) is 0 Å². The van der Waals surface area contributed by atoms with E-state index in [-0.39, 0.29) is 11.9 Å². The van der Waals surface area contributed by atoms with Crippen molar-refractivity contribution in [3.05, 3.63) is 32.9 Å². The third-order valence-corrected chi connectivity index (χ3v) is 4.62. The lowest BCUT2D eigenvalue weighted by molar-refractivity contribution is 0.0654. The Morgan fingerprint density at radius 3 is 3.00 bits per heavy atom. The summed E-state index contributed by atoms with van der Waals surface area (Å²) in [7, 11) is 0. The first-order chi connectivity index (χ1) is 8.11. The SMILES string of the molecule is Cc1cccc(C(=O)N2CCNC[C@H]2C)c1I. The van der Waals surface area contributed by atoms with Crippen molar-refractivity contribution in [1.82, 2.24) is 10.2 Å². The molecule has 0 aromatic heterocycles. The predicted octanol–water partition coefficient (Wildman–Crippen LogP) is 2.03. The Kier molecular flexibility index (Phi) is 4.04. The first-order valence-electron chi connectivity index (χ1n) is 5.88. The van der Waals surface area contributed by atoms with E-state index in [2.05, 4.69) is 34.8 Å².